The smallest absolute Gasteiger partial charge is 0.322 e. The molecular formula is C12H22N4OS. The summed E-state index contributed by atoms with van der Waals surface area (Å²) >= 11 is 1.66. The van der Waals surface area contributed by atoms with Crippen LogP contribution in [0.15, 0.2) is 5.16 Å². The van der Waals surface area contributed by atoms with Gasteiger partial charge in [-0.1, -0.05) is 31.5 Å². The first-order valence-corrected chi connectivity index (χ1v) is 7.54. The number of nitrogens with zero attached hydrogens (tertiary/aromatic N) is 3. The second-order valence-corrected chi connectivity index (χ2v) is 4.81. The van der Waals surface area contributed by atoms with Crippen molar-refractivity contribution in [2.24, 2.45) is 0 Å². The Morgan fingerprint density at radius 3 is 2.61 bits per heavy atom. The molecule has 18 heavy (non-hydrogen) atoms. The fraction of sp³-hybridized carbons (Fsp3) is 0.750. The highest BCUT2D eigenvalue weighted by Gasteiger charge is 2.07. The van der Waals surface area contributed by atoms with E-state index in [-0.39, 0.29) is 0 Å². The van der Waals surface area contributed by atoms with Crippen LogP contribution in [-0.2, 0) is 0 Å². The molecule has 0 saturated heterocycles. The van der Waals surface area contributed by atoms with Crippen molar-refractivity contribution < 1.29 is 4.74 Å². The Morgan fingerprint density at radius 2 is 1.94 bits per heavy atom. The molecule has 0 aliphatic rings. The maximum Gasteiger partial charge on any atom is 0.322 e. The fourth-order valence-electron chi connectivity index (χ4n) is 1.35. The minimum absolute atomic E-state index is 0.404. The lowest BCUT2D eigenvalue weighted by Crippen LogP contribution is -2.07. The number of ether oxygens (including phenoxy) is 1. The number of hydrogen-bond donors (Lipinski definition) is 1. The van der Waals surface area contributed by atoms with Crippen molar-refractivity contribution in [2.75, 3.05) is 24.2 Å². The van der Waals surface area contributed by atoms with E-state index in [0.717, 1.165) is 17.5 Å². The van der Waals surface area contributed by atoms with Crippen molar-refractivity contribution in [2.45, 2.75) is 45.2 Å². The van der Waals surface area contributed by atoms with Gasteiger partial charge in [-0.15, -0.1) is 0 Å². The number of thioether (sulfide) groups is 1. The van der Waals surface area contributed by atoms with Crippen LogP contribution in [0.3, 0.4) is 0 Å². The van der Waals surface area contributed by atoms with Crippen LogP contribution < -0.4 is 10.1 Å². The van der Waals surface area contributed by atoms with Gasteiger partial charge in [0, 0.05) is 12.3 Å². The first kappa shape index (κ1) is 15.0. The lowest BCUT2D eigenvalue weighted by Gasteiger charge is -2.07. The molecule has 0 amide bonds. The average molecular weight is 270 g/mol. The topological polar surface area (TPSA) is 59.9 Å². The molecule has 0 aliphatic carbocycles. The molecule has 102 valence electrons. The molecule has 0 bridgehead atoms. The van der Waals surface area contributed by atoms with Crippen molar-refractivity contribution >= 4 is 17.7 Å². The van der Waals surface area contributed by atoms with Crippen molar-refractivity contribution in [3.63, 3.8) is 0 Å². The molecule has 6 heteroatoms. The number of aromatic nitrogens is 3. The zero-order valence-electron chi connectivity index (χ0n) is 11.4. The van der Waals surface area contributed by atoms with Crippen LogP contribution in [0.2, 0.25) is 0 Å². The van der Waals surface area contributed by atoms with Crippen molar-refractivity contribution in [1.29, 1.82) is 0 Å². The molecule has 1 aromatic heterocycles. The molecule has 0 aromatic carbocycles. The molecule has 1 N–H and O–H groups in total. The Balaban J connectivity index is 2.63. The standard InChI is InChI=1S/C12H22N4OS/c1-4-7-8-9-18-12-15-10(13-5-2)14-11(16-12)17-6-3/h4-9H2,1-3H3,(H,13,14,15,16). The molecule has 0 aliphatic heterocycles. The van der Waals surface area contributed by atoms with Gasteiger partial charge in [0.25, 0.3) is 0 Å². The SMILES string of the molecule is CCCCCSc1nc(NCC)nc(OCC)n1. The van der Waals surface area contributed by atoms with Gasteiger partial charge in [-0.25, -0.2) is 0 Å². The molecule has 0 saturated carbocycles. The Morgan fingerprint density at radius 1 is 1.11 bits per heavy atom. The minimum atomic E-state index is 0.404. The zero-order chi connectivity index (χ0) is 13.2. The van der Waals surface area contributed by atoms with Crippen LogP contribution in [-0.4, -0.2) is 33.9 Å². The van der Waals surface area contributed by atoms with Crippen LogP contribution >= 0.6 is 11.8 Å². The van der Waals surface area contributed by atoms with E-state index in [2.05, 4.69) is 27.2 Å². The lowest BCUT2D eigenvalue weighted by molar-refractivity contribution is 0.308. The minimum Gasteiger partial charge on any atom is -0.464 e. The first-order chi connectivity index (χ1) is 8.80. The zero-order valence-corrected chi connectivity index (χ0v) is 12.2. The van der Waals surface area contributed by atoms with E-state index in [9.17, 15) is 0 Å². The molecule has 0 fully saturated rings. The van der Waals surface area contributed by atoms with Crippen LogP contribution in [0.25, 0.3) is 0 Å². The summed E-state index contributed by atoms with van der Waals surface area (Å²) in [6.45, 7) is 7.48. The van der Waals surface area contributed by atoms with Gasteiger partial charge >= 0.3 is 6.01 Å². The van der Waals surface area contributed by atoms with Crippen molar-refractivity contribution in [3.8, 4) is 6.01 Å². The third-order valence-corrected chi connectivity index (χ3v) is 3.12. The second-order valence-electron chi connectivity index (χ2n) is 3.74. The summed E-state index contributed by atoms with van der Waals surface area (Å²) in [6, 6.07) is 0.404. The lowest BCUT2D eigenvalue weighted by atomic mass is 10.3. The summed E-state index contributed by atoms with van der Waals surface area (Å²) in [7, 11) is 0. The summed E-state index contributed by atoms with van der Waals surface area (Å²) in [5.41, 5.74) is 0. The van der Waals surface area contributed by atoms with Crippen LogP contribution in [0, 0.1) is 0 Å². The van der Waals surface area contributed by atoms with Gasteiger partial charge in [-0.05, 0) is 20.3 Å². The highest BCUT2D eigenvalue weighted by atomic mass is 32.2. The van der Waals surface area contributed by atoms with Crippen LogP contribution in [0.5, 0.6) is 6.01 Å². The predicted octanol–water partition coefficient (Wildman–Crippen LogP) is 2.98. The highest BCUT2D eigenvalue weighted by Crippen LogP contribution is 2.19. The van der Waals surface area contributed by atoms with E-state index in [0.29, 0.717) is 18.6 Å². The van der Waals surface area contributed by atoms with Gasteiger partial charge in [-0.3, -0.25) is 0 Å². The summed E-state index contributed by atoms with van der Waals surface area (Å²) < 4.78 is 5.35. The normalized spacial score (nSPS) is 10.4. The molecule has 0 radical (unpaired) electrons. The molecule has 5 nitrogen and oxygen atoms in total. The Labute approximate surface area is 113 Å². The maximum absolute atomic E-state index is 5.35. The molecule has 0 atom stereocenters. The average Bonchev–Trinajstić information content (AvgIpc) is 2.35. The number of anilines is 1. The number of unbranched alkanes of at least 4 members (excludes halogenated alkanes) is 2. The van der Waals surface area contributed by atoms with E-state index < -0.39 is 0 Å². The monoisotopic (exact) mass is 270 g/mol. The molecule has 1 heterocycles. The maximum atomic E-state index is 5.35. The number of hydrogen-bond acceptors (Lipinski definition) is 6. The number of rotatable bonds is 9. The second kappa shape index (κ2) is 8.97. The third kappa shape index (κ3) is 5.53. The van der Waals surface area contributed by atoms with E-state index >= 15 is 0 Å². The molecule has 0 unspecified atom stereocenters. The summed E-state index contributed by atoms with van der Waals surface area (Å²) in [6.07, 6.45) is 3.66. The quantitative estimate of drug-likeness (QED) is 0.550. The van der Waals surface area contributed by atoms with E-state index in [1.807, 2.05) is 13.8 Å². The van der Waals surface area contributed by atoms with Crippen molar-refractivity contribution in [1.82, 2.24) is 15.0 Å². The largest absolute Gasteiger partial charge is 0.464 e. The Hall–Kier alpha value is -1.04. The van der Waals surface area contributed by atoms with Crippen LogP contribution in [0.1, 0.15) is 40.0 Å². The molecule has 0 spiro atoms. The van der Waals surface area contributed by atoms with E-state index in [1.54, 1.807) is 11.8 Å². The Bertz CT molecular complexity index is 325. The van der Waals surface area contributed by atoms with E-state index in [1.165, 1.54) is 19.3 Å². The third-order valence-electron chi connectivity index (χ3n) is 2.18. The van der Waals surface area contributed by atoms with Crippen LogP contribution in [0.4, 0.5) is 5.95 Å². The fourth-order valence-corrected chi connectivity index (χ4v) is 2.17. The molecule has 1 aromatic rings. The van der Waals surface area contributed by atoms with Crippen molar-refractivity contribution in [3.05, 3.63) is 0 Å². The summed E-state index contributed by atoms with van der Waals surface area (Å²) in [5.74, 6) is 1.63. The van der Waals surface area contributed by atoms with Gasteiger partial charge < -0.3 is 10.1 Å². The van der Waals surface area contributed by atoms with Gasteiger partial charge in [-0.2, -0.15) is 15.0 Å². The summed E-state index contributed by atoms with van der Waals surface area (Å²) in [4.78, 5) is 12.8. The van der Waals surface area contributed by atoms with Gasteiger partial charge in [0.15, 0.2) is 5.16 Å². The molecule has 1 rings (SSSR count). The first-order valence-electron chi connectivity index (χ1n) is 6.55. The summed E-state index contributed by atoms with van der Waals surface area (Å²) in [5, 5.41) is 3.83. The molecular weight excluding hydrogens is 248 g/mol. The Kier molecular flexibility index (Phi) is 7.48. The number of nitrogens with one attached hydrogen (secondary N) is 1. The van der Waals surface area contributed by atoms with Gasteiger partial charge in [0.2, 0.25) is 5.95 Å². The predicted molar refractivity (Wildman–Crippen MR) is 75.4 cm³/mol. The van der Waals surface area contributed by atoms with E-state index in [4.69, 9.17) is 4.74 Å². The van der Waals surface area contributed by atoms with Gasteiger partial charge in [0.1, 0.15) is 0 Å². The highest BCUT2D eigenvalue weighted by molar-refractivity contribution is 7.99. The van der Waals surface area contributed by atoms with Gasteiger partial charge in [0.05, 0.1) is 6.61 Å².